The predicted molar refractivity (Wildman–Crippen MR) is 159 cm³/mol. The number of hydrogen-bond acceptors (Lipinski definition) is 7. The van der Waals surface area contributed by atoms with Crippen LogP contribution in [0.4, 0.5) is 0 Å². The van der Waals surface area contributed by atoms with Crippen LogP contribution in [0.25, 0.3) is 43.0 Å². The van der Waals surface area contributed by atoms with Gasteiger partial charge in [0.15, 0.2) is 6.10 Å². The van der Waals surface area contributed by atoms with Gasteiger partial charge in [0.05, 0.1) is 22.9 Å². The molecule has 0 fully saturated rings. The second-order valence-electron chi connectivity index (χ2n) is 10.3. The Morgan fingerprint density at radius 2 is 1.65 bits per heavy atom. The fourth-order valence-corrected chi connectivity index (χ4v) is 5.81. The van der Waals surface area contributed by atoms with Crippen LogP contribution in [0.5, 0.6) is 6.01 Å². The lowest BCUT2D eigenvalue weighted by Crippen LogP contribution is -2.28. The van der Waals surface area contributed by atoms with Crippen molar-refractivity contribution in [1.82, 2.24) is 15.0 Å². The lowest BCUT2D eigenvalue weighted by atomic mass is 9.91. The number of aliphatic carboxylic acids is 1. The highest BCUT2D eigenvalue weighted by molar-refractivity contribution is 7.22. The van der Waals surface area contributed by atoms with Crippen molar-refractivity contribution < 1.29 is 19.4 Å². The van der Waals surface area contributed by atoms with Crippen LogP contribution >= 0.6 is 22.9 Å². The summed E-state index contributed by atoms with van der Waals surface area (Å²) in [6.45, 7) is 7.46. The van der Waals surface area contributed by atoms with Gasteiger partial charge in [0.1, 0.15) is 5.01 Å². The Morgan fingerprint density at radius 3 is 2.27 bits per heavy atom. The van der Waals surface area contributed by atoms with Crippen LogP contribution in [0.15, 0.2) is 67.0 Å². The number of halogens is 1. The topological polar surface area (TPSA) is 94.4 Å². The summed E-state index contributed by atoms with van der Waals surface area (Å²) in [5.41, 5.74) is 5.85. The number of aromatic nitrogens is 3. The van der Waals surface area contributed by atoms with Crippen LogP contribution in [-0.2, 0) is 9.53 Å². The Labute approximate surface area is 241 Å². The number of thiazole rings is 1. The first-order chi connectivity index (χ1) is 19.0. The molecule has 0 aliphatic heterocycles. The molecule has 40 heavy (non-hydrogen) atoms. The largest absolute Gasteiger partial charge is 0.479 e. The summed E-state index contributed by atoms with van der Waals surface area (Å²) in [5.74, 6) is -1.05. The first-order valence-electron chi connectivity index (χ1n) is 12.6. The van der Waals surface area contributed by atoms with Crippen molar-refractivity contribution in [2.24, 2.45) is 0 Å². The third kappa shape index (κ3) is 5.70. The molecule has 0 bridgehead atoms. The highest BCUT2D eigenvalue weighted by atomic mass is 35.5. The van der Waals surface area contributed by atoms with E-state index in [0.717, 1.165) is 48.6 Å². The Kier molecular flexibility index (Phi) is 7.59. The zero-order chi connectivity index (χ0) is 28.6. The maximum atomic E-state index is 12.6. The number of fused-ring (bicyclic) bond motifs is 1. The molecule has 9 heteroatoms. The molecular formula is C31H28ClN3O4S. The van der Waals surface area contributed by atoms with Gasteiger partial charge in [0.2, 0.25) is 0 Å². The van der Waals surface area contributed by atoms with Gasteiger partial charge >= 0.3 is 12.0 Å². The minimum atomic E-state index is -1.17. The van der Waals surface area contributed by atoms with Crippen LogP contribution in [0.2, 0.25) is 5.02 Å². The van der Waals surface area contributed by atoms with E-state index >= 15 is 0 Å². The van der Waals surface area contributed by atoms with E-state index in [-0.39, 0.29) is 0 Å². The minimum absolute atomic E-state index is 0.307. The quantitative estimate of drug-likeness (QED) is 0.211. The molecule has 2 heterocycles. The maximum Gasteiger partial charge on any atom is 0.337 e. The van der Waals surface area contributed by atoms with Crippen LogP contribution in [0.3, 0.4) is 0 Å². The smallest absolute Gasteiger partial charge is 0.337 e. The number of methoxy groups -OCH3 is 1. The molecule has 0 saturated carbocycles. The molecule has 0 radical (unpaired) electrons. The summed E-state index contributed by atoms with van der Waals surface area (Å²) in [5, 5.41) is 11.7. The van der Waals surface area contributed by atoms with Gasteiger partial charge in [-0.2, -0.15) is 0 Å². The average molecular weight is 574 g/mol. The molecule has 0 saturated heterocycles. The van der Waals surface area contributed by atoms with Crippen LogP contribution in [0.1, 0.15) is 38.0 Å². The summed E-state index contributed by atoms with van der Waals surface area (Å²) in [4.78, 5) is 26.0. The Balaban J connectivity index is 1.70. The SMILES string of the molecule is COc1ncc(-c2cccc(-c3nc4cc(C)c([C@H](OC(C)(C)C)C(=O)O)c(-c5ccc(Cl)cc5)c4s3)c2)cn1. The Morgan fingerprint density at radius 1 is 0.975 bits per heavy atom. The molecular weight excluding hydrogens is 546 g/mol. The zero-order valence-electron chi connectivity index (χ0n) is 22.7. The van der Waals surface area contributed by atoms with E-state index < -0.39 is 17.7 Å². The van der Waals surface area contributed by atoms with Crippen molar-refractivity contribution in [2.75, 3.05) is 7.11 Å². The average Bonchev–Trinajstić information content (AvgIpc) is 3.35. The standard InChI is InChI=1S/C31H28ClN3O4S/c1-17-13-23-27(25(18-9-11-22(32)12-10-18)24(17)26(29(36)37)39-31(2,3)4)40-28(35-23)20-8-6-7-19(14-20)21-15-33-30(38-5)34-16-21/h6-16,26H,1-5H3,(H,36,37)/t26-/m0/s1. The van der Waals surface area contributed by atoms with Crippen molar-refractivity contribution in [1.29, 1.82) is 0 Å². The van der Waals surface area contributed by atoms with Crippen LogP contribution in [-0.4, -0.2) is 38.7 Å². The van der Waals surface area contributed by atoms with Gasteiger partial charge in [0.25, 0.3) is 0 Å². The summed E-state index contributed by atoms with van der Waals surface area (Å²) in [7, 11) is 1.53. The predicted octanol–water partition coefficient (Wildman–Crippen LogP) is 8.00. The van der Waals surface area contributed by atoms with E-state index in [1.165, 1.54) is 18.4 Å². The lowest BCUT2D eigenvalue weighted by Gasteiger charge is -2.28. The van der Waals surface area contributed by atoms with Crippen molar-refractivity contribution in [2.45, 2.75) is 39.4 Å². The molecule has 5 rings (SSSR count). The molecule has 1 atom stereocenters. The molecule has 204 valence electrons. The number of carboxylic acid groups (broad SMARTS) is 1. The third-order valence-electron chi connectivity index (χ3n) is 6.27. The fourth-order valence-electron chi connectivity index (χ4n) is 4.56. The van der Waals surface area contributed by atoms with Crippen molar-refractivity contribution >= 4 is 39.1 Å². The van der Waals surface area contributed by atoms with Gasteiger partial charge in [-0.25, -0.2) is 19.7 Å². The van der Waals surface area contributed by atoms with Crippen molar-refractivity contribution in [3.63, 3.8) is 0 Å². The first kappa shape index (κ1) is 27.7. The van der Waals surface area contributed by atoms with Gasteiger partial charge < -0.3 is 14.6 Å². The molecule has 0 unspecified atom stereocenters. The lowest BCUT2D eigenvalue weighted by molar-refractivity contribution is -0.160. The van der Waals surface area contributed by atoms with E-state index in [0.29, 0.717) is 16.6 Å². The number of hydrogen-bond donors (Lipinski definition) is 1. The zero-order valence-corrected chi connectivity index (χ0v) is 24.3. The molecule has 5 aromatic rings. The molecule has 0 aliphatic carbocycles. The second kappa shape index (κ2) is 11.0. The van der Waals surface area contributed by atoms with E-state index in [1.54, 1.807) is 24.5 Å². The number of rotatable bonds is 7. The summed E-state index contributed by atoms with van der Waals surface area (Å²) in [6, 6.07) is 17.7. The van der Waals surface area contributed by atoms with Crippen LogP contribution < -0.4 is 4.74 Å². The number of nitrogens with zero attached hydrogens (tertiary/aromatic N) is 3. The van der Waals surface area contributed by atoms with E-state index in [9.17, 15) is 9.90 Å². The number of ether oxygens (including phenoxy) is 2. The van der Waals surface area contributed by atoms with Gasteiger partial charge in [-0.15, -0.1) is 11.3 Å². The van der Waals surface area contributed by atoms with E-state index in [2.05, 4.69) is 9.97 Å². The third-order valence-corrected chi connectivity index (χ3v) is 7.66. The van der Waals surface area contributed by atoms with Gasteiger partial charge in [-0.3, -0.25) is 0 Å². The fraction of sp³-hybridized carbons (Fsp3) is 0.226. The highest BCUT2D eigenvalue weighted by Gasteiger charge is 2.32. The van der Waals surface area contributed by atoms with Crippen LogP contribution in [0, 0.1) is 6.92 Å². The van der Waals surface area contributed by atoms with Gasteiger partial charge in [-0.05, 0) is 68.7 Å². The monoisotopic (exact) mass is 573 g/mol. The Bertz CT molecular complexity index is 1690. The highest BCUT2D eigenvalue weighted by Crippen LogP contribution is 2.44. The normalized spacial score (nSPS) is 12.4. The van der Waals surface area contributed by atoms with Gasteiger partial charge in [-0.1, -0.05) is 41.9 Å². The van der Waals surface area contributed by atoms with Crippen molar-refractivity contribution in [3.8, 4) is 38.8 Å². The second-order valence-corrected chi connectivity index (χ2v) is 11.8. The molecule has 1 N–H and O–H groups in total. The molecule has 7 nitrogen and oxygen atoms in total. The first-order valence-corrected chi connectivity index (χ1v) is 13.8. The molecule has 0 amide bonds. The summed E-state index contributed by atoms with van der Waals surface area (Å²) in [6.07, 6.45) is 2.27. The molecule has 3 aromatic carbocycles. The number of carboxylic acids is 1. The number of carbonyl (C=O) groups is 1. The maximum absolute atomic E-state index is 12.6. The number of aryl methyl sites for hydroxylation is 1. The number of benzene rings is 3. The summed E-state index contributed by atoms with van der Waals surface area (Å²) >= 11 is 7.72. The minimum Gasteiger partial charge on any atom is -0.479 e. The molecule has 2 aromatic heterocycles. The summed E-state index contributed by atoms with van der Waals surface area (Å²) < 4.78 is 12.1. The molecule has 0 aliphatic rings. The van der Waals surface area contributed by atoms with E-state index in [4.69, 9.17) is 26.1 Å². The van der Waals surface area contributed by atoms with E-state index in [1.807, 2.05) is 70.2 Å². The Hall–Kier alpha value is -3.85. The van der Waals surface area contributed by atoms with Gasteiger partial charge in [0, 0.05) is 39.7 Å². The molecule has 0 spiro atoms. The van der Waals surface area contributed by atoms with Crippen molar-refractivity contribution in [3.05, 3.63) is 83.1 Å².